The fraction of sp³-hybridized carbons (Fsp3) is 0.278. The van der Waals surface area contributed by atoms with E-state index in [4.69, 9.17) is 11.6 Å². The van der Waals surface area contributed by atoms with E-state index in [9.17, 15) is 4.79 Å². The molecule has 0 radical (unpaired) electrons. The van der Waals surface area contributed by atoms with Crippen LogP contribution in [0.2, 0.25) is 5.02 Å². The lowest BCUT2D eigenvalue weighted by Gasteiger charge is -2.09. The molecule has 0 saturated carbocycles. The van der Waals surface area contributed by atoms with E-state index in [1.54, 1.807) is 10.9 Å². The van der Waals surface area contributed by atoms with Crippen molar-refractivity contribution in [2.24, 2.45) is 0 Å². The standard InChI is InChI=1S/C18H19ClN4O/c1-4-23-17-14(10-22-23)16(19)15(9-20-17)18(24)21-8-13-6-5-11(2)12(3)7-13/h5-7,9-10H,4,8H2,1-3H3,(H,21,24). The SMILES string of the molecule is CCn1ncc2c(Cl)c(C(=O)NCc3ccc(C)c(C)c3)cnc21. The molecule has 1 aromatic carbocycles. The summed E-state index contributed by atoms with van der Waals surface area (Å²) in [5.41, 5.74) is 4.54. The highest BCUT2D eigenvalue weighted by Crippen LogP contribution is 2.25. The van der Waals surface area contributed by atoms with Gasteiger partial charge >= 0.3 is 0 Å². The molecule has 2 heterocycles. The largest absolute Gasteiger partial charge is 0.348 e. The predicted molar refractivity (Wildman–Crippen MR) is 95.3 cm³/mol. The summed E-state index contributed by atoms with van der Waals surface area (Å²) in [7, 11) is 0. The van der Waals surface area contributed by atoms with Crippen LogP contribution in [0.25, 0.3) is 11.0 Å². The van der Waals surface area contributed by atoms with Crippen LogP contribution in [-0.2, 0) is 13.1 Å². The Balaban J connectivity index is 1.81. The first-order chi connectivity index (χ1) is 11.5. The van der Waals surface area contributed by atoms with E-state index < -0.39 is 0 Å². The van der Waals surface area contributed by atoms with Gasteiger partial charge in [-0.15, -0.1) is 0 Å². The lowest BCUT2D eigenvalue weighted by Crippen LogP contribution is -2.23. The van der Waals surface area contributed by atoms with Crippen LogP contribution in [0.3, 0.4) is 0 Å². The number of fused-ring (bicyclic) bond motifs is 1. The number of hydrogen-bond acceptors (Lipinski definition) is 3. The van der Waals surface area contributed by atoms with Gasteiger partial charge < -0.3 is 5.32 Å². The number of nitrogens with one attached hydrogen (secondary N) is 1. The van der Waals surface area contributed by atoms with Gasteiger partial charge in [-0.25, -0.2) is 9.67 Å². The van der Waals surface area contributed by atoms with Gasteiger partial charge in [0, 0.05) is 19.3 Å². The third kappa shape index (κ3) is 2.99. The molecule has 0 aliphatic heterocycles. The molecule has 0 aliphatic carbocycles. The predicted octanol–water partition coefficient (Wildman–Crippen LogP) is 3.65. The summed E-state index contributed by atoms with van der Waals surface area (Å²) in [5.74, 6) is -0.239. The third-order valence-corrected chi connectivity index (χ3v) is 4.58. The topological polar surface area (TPSA) is 59.8 Å². The second kappa shape index (κ2) is 6.61. The zero-order chi connectivity index (χ0) is 17.3. The zero-order valence-electron chi connectivity index (χ0n) is 13.9. The minimum absolute atomic E-state index is 0.239. The molecule has 0 fully saturated rings. The van der Waals surface area contributed by atoms with Crippen LogP contribution in [-0.4, -0.2) is 20.7 Å². The molecule has 0 bridgehead atoms. The maximum atomic E-state index is 12.4. The lowest BCUT2D eigenvalue weighted by molar-refractivity contribution is 0.0951. The summed E-state index contributed by atoms with van der Waals surface area (Å²) in [5, 5.41) is 8.20. The van der Waals surface area contributed by atoms with E-state index in [1.807, 2.05) is 13.0 Å². The number of aryl methyl sites for hydroxylation is 3. The first-order valence-electron chi connectivity index (χ1n) is 7.85. The smallest absolute Gasteiger partial charge is 0.254 e. The van der Waals surface area contributed by atoms with Crippen LogP contribution in [0.1, 0.15) is 34.0 Å². The van der Waals surface area contributed by atoms with E-state index >= 15 is 0 Å². The van der Waals surface area contributed by atoms with Crippen molar-refractivity contribution < 1.29 is 4.79 Å². The summed E-state index contributed by atoms with van der Waals surface area (Å²) in [4.78, 5) is 16.8. The van der Waals surface area contributed by atoms with Crippen molar-refractivity contribution in [3.63, 3.8) is 0 Å². The van der Waals surface area contributed by atoms with Crippen molar-refractivity contribution >= 4 is 28.5 Å². The fourth-order valence-corrected chi connectivity index (χ4v) is 2.85. The maximum Gasteiger partial charge on any atom is 0.254 e. The first kappa shape index (κ1) is 16.5. The number of benzene rings is 1. The molecule has 1 amide bonds. The quantitative estimate of drug-likeness (QED) is 0.787. The van der Waals surface area contributed by atoms with Crippen molar-refractivity contribution in [2.75, 3.05) is 0 Å². The molecule has 5 nitrogen and oxygen atoms in total. The van der Waals surface area contributed by atoms with Crippen LogP contribution < -0.4 is 5.32 Å². The Morgan fingerprint density at radius 2 is 2.04 bits per heavy atom. The Morgan fingerprint density at radius 1 is 1.25 bits per heavy atom. The molecular weight excluding hydrogens is 324 g/mol. The summed E-state index contributed by atoms with van der Waals surface area (Å²) < 4.78 is 1.75. The zero-order valence-corrected chi connectivity index (χ0v) is 14.7. The average Bonchev–Trinajstić information content (AvgIpc) is 3.00. The number of aromatic nitrogens is 3. The van der Waals surface area contributed by atoms with Gasteiger partial charge in [-0.2, -0.15) is 5.10 Å². The second-order valence-corrected chi connectivity index (χ2v) is 6.16. The van der Waals surface area contributed by atoms with Gasteiger partial charge in [0.2, 0.25) is 0 Å². The van der Waals surface area contributed by atoms with Crippen LogP contribution >= 0.6 is 11.6 Å². The lowest BCUT2D eigenvalue weighted by atomic mass is 10.1. The third-order valence-electron chi connectivity index (χ3n) is 4.17. The molecule has 1 N–H and O–H groups in total. The molecule has 3 aromatic rings. The van der Waals surface area contributed by atoms with Gasteiger partial charge in [0.05, 0.1) is 22.2 Å². The second-order valence-electron chi connectivity index (χ2n) is 5.78. The monoisotopic (exact) mass is 342 g/mol. The molecular formula is C18H19ClN4O. The molecule has 0 aliphatic rings. The van der Waals surface area contributed by atoms with Crippen molar-refractivity contribution in [2.45, 2.75) is 33.9 Å². The summed E-state index contributed by atoms with van der Waals surface area (Å²) in [6.07, 6.45) is 3.16. The molecule has 0 saturated heterocycles. The van der Waals surface area contributed by atoms with Gasteiger partial charge in [0.1, 0.15) is 0 Å². The summed E-state index contributed by atoms with van der Waals surface area (Å²) in [6, 6.07) is 6.14. The van der Waals surface area contributed by atoms with Gasteiger partial charge in [0.15, 0.2) is 5.65 Å². The maximum absolute atomic E-state index is 12.4. The van der Waals surface area contributed by atoms with E-state index in [-0.39, 0.29) is 5.91 Å². The van der Waals surface area contributed by atoms with E-state index in [0.29, 0.717) is 34.7 Å². The Kier molecular flexibility index (Phi) is 4.53. The van der Waals surface area contributed by atoms with Crippen LogP contribution in [0.5, 0.6) is 0 Å². The number of carbonyl (C=O) groups excluding carboxylic acids is 1. The average molecular weight is 343 g/mol. The number of rotatable bonds is 4. The highest BCUT2D eigenvalue weighted by Gasteiger charge is 2.16. The van der Waals surface area contributed by atoms with Crippen LogP contribution in [0.4, 0.5) is 0 Å². The van der Waals surface area contributed by atoms with Crippen LogP contribution in [0.15, 0.2) is 30.6 Å². The van der Waals surface area contributed by atoms with E-state index in [1.165, 1.54) is 17.3 Å². The number of carbonyl (C=O) groups is 1. The van der Waals surface area contributed by atoms with Gasteiger partial charge in [-0.1, -0.05) is 29.8 Å². The minimum Gasteiger partial charge on any atom is -0.348 e. The molecule has 0 atom stereocenters. The Bertz CT molecular complexity index is 917. The molecule has 24 heavy (non-hydrogen) atoms. The van der Waals surface area contributed by atoms with Gasteiger partial charge in [-0.05, 0) is 37.5 Å². The number of hydrogen-bond donors (Lipinski definition) is 1. The highest BCUT2D eigenvalue weighted by atomic mass is 35.5. The molecule has 0 spiro atoms. The van der Waals surface area contributed by atoms with Gasteiger partial charge in [-0.3, -0.25) is 4.79 Å². The van der Waals surface area contributed by atoms with Gasteiger partial charge in [0.25, 0.3) is 5.91 Å². The highest BCUT2D eigenvalue weighted by molar-refractivity contribution is 6.38. The van der Waals surface area contributed by atoms with Crippen molar-refractivity contribution in [3.05, 3.63) is 57.9 Å². The number of nitrogens with zero attached hydrogens (tertiary/aromatic N) is 3. The molecule has 124 valence electrons. The fourth-order valence-electron chi connectivity index (χ4n) is 2.58. The Morgan fingerprint density at radius 3 is 2.75 bits per heavy atom. The number of pyridine rings is 1. The Labute approximate surface area is 145 Å². The van der Waals surface area contributed by atoms with Crippen molar-refractivity contribution in [1.29, 1.82) is 0 Å². The van der Waals surface area contributed by atoms with Crippen molar-refractivity contribution in [3.8, 4) is 0 Å². The number of halogens is 1. The summed E-state index contributed by atoms with van der Waals surface area (Å²) in [6.45, 7) is 7.25. The Hall–Kier alpha value is -2.40. The molecule has 2 aromatic heterocycles. The van der Waals surface area contributed by atoms with E-state index in [2.05, 4.69) is 41.4 Å². The minimum atomic E-state index is -0.239. The molecule has 6 heteroatoms. The molecule has 0 unspecified atom stereocenters. The van der Waals surface area contributed by atoms with E-state index in [0.717, 1.165) is 5.56 Å². The summed E-state index contributed by atoms with van der Waals surface area (Å²) >= 11 is 6.38. The van der Waals surface area contributed by atoms with Crippen LogP contribution in [0, 0.1) is 13.8 Å². The normalized spacial score (nSPS) is 11.0. The first-order valence-corrected chi connectivity index (χ1v) is 8.23. The number of amides is 1. The molecule has 3 rings (SSSR count). The van der Waals surface area contributed by atoms with Crippen molar-refractivity contribution in [1.82, 2.24) is 20.1 Å².